The van der Waals surface area contributed by atoms with Crippen molar-refractivity contribution < 1.29 is 4.74 Å². The first-order valence-electron chi connectivity index (χ1n) is 8.92. The van der Waals surface area contributed by atoms with E-state index >= 15 is 0 Å². The fourth-order valence-corrected chi connectivity index (χ4v) is 3.63. The van der Waals surface area contributed by atoms with Crippen molar-refractivity contribution >= 4 is 27.4 Å². The number of para-hydroxylation sites is 2. The van der Waals surface area contributed by atoms with Gasteiger partial charge in [0.25, 0.3) is 5.56 Å². The van der Waals surface area contributed by atoms with Gasteiger partial charge in [-0.3, -0.25) is 14.2 Å². The smallest absolute Gasteiger partial charge is 0.268 e. The van der Waals surface area contributed by atoms with Gasteiger partial charge in [0.15, 0.2) is 0 Å². The van der Waals surface area contributed by atoms with Gasteiger partial charge in [-0.2, -0.15) is 0 Å². The highest BCUT2D eigenvalue weighted by molar-refractivity contribution is 5.96. The zero-order chi connectivity index (χ0) is 19.3. The molecular formula is C23H16N2O3. The number of aromatic nitrogens is 2. The Balaban J connectivity index is 1.97. The molecule has 0 bridgehead atoms. The van der Waals surface area contributed by atoms with E-state index in [2.05, 4.69) is 4.98 Å². The van der Waals surface area contributed by atoms with Crippen molar-refractivity contribution in [2.24, 2.45) is 0 Å². The van der Waals surface area contributed by atoms with E-state index in [-0.39, 0.29) is 16.4 Å². The van der Waals surface area contributed by atoms with E-state index in [9.17, 15) is 9.59 Å². The minimum Gasteiger partial charge on any atom is -0.495 e. The van der Waals surface area contributed by atoms with Gasteiger partial charge in [-0.1, -0.05) is 42.5 Å². The average Bonchev–Trinajstić information content (AvgIpc) is 2.67. The predicted molar refractivity (Wildman–Crippen MR) is 111 cm³/mol. The van der Waals surface area contributed by atoms with Crippen LogP contribution in [0.5, 0.6) is 5.75 Å². The fraction of sp³-hybridized carbons (Fsp3) is 0.0435. The number of methoxy groups -OCH3 is 1. The van der Waals surface area contributed by atoms with Crippen molar-refractivity contribution in [2.75, 3.05) is 7.11 Å². The van der Waals surface area contributed by atoms with Gasteiger partial charge >= 0.3 is 0 Å². The van der Waals surface area contributed by atoms with Crippen molar-refractivity contribution in [2.45, 2.75) is 0 Å². The van der Waals surface area contributed by atoms with E-state index in [0.29, 0.717) is 22.2 Å². The third-order valence-electron chi connectivity index (χ3n) is 5.05. The number of fused-ring (bicyclic) bond motifs is 2. The normalized spacial score (nSPS) is 12.8. The van der Waals surface area contributed by atoms with E-state index in [1.165, 1.54) is 0 Å². The third-order valence-corrected chi connectivity index (χ3v) is 5.05. The van der Waals surface area contributed by atoms with Gasteiger partial charge in [-0.15, -0.1) is 0 Å². The first-order chi connectivity index (χ1) is 13.7. The Hall–Kier alpha value is -3.86. The molecule has 0 spiro atoms. The number of H-pyrrole nitrogens is 1. The number of allylic oxidation sites excluding steroid dienone is 4. The zero-order valence-corrected chi connectivity index (χ0v) is 15.1. The highest BCUT2D eigenvalue weighted by atomic mass is 16.5. The van der Waals surface area contributed by atoms with Gasteiger partial charge in [0.05, 0.1) is 29.2 Å². The van der Waals surface area contributed by atoms with Crippen LogP contribution in [0.3, 0.4) is 0 Å². The molecule has 1 aliphatic carbocycles. The highest BCUT2D eigenvalue weighted by Crippen LogP contribution is 2.27. The largest absolute Gasteiger partial charge is 0.495 e. The van der Waals surface area contributed by atoms with E-state index in [0.717, 1.165) is 17.0 Å². The molecule has 1 aliphatic rings. The molecule has 1 N–H and O–H groups in total. The molecule has 4 aromatic rings. The van der Waals surface area contributed by atoms with Crippen LogP contribution in [-0.2, 0) is 0 Å². The van der Waals surface area contributed by atoms with Crippen LogP contribution in [-0.4, -0.2) is 16.7 Å². The van der Waals surface area contributed by atoms with Crippen LogP contribution < -0.4 is 15.7 Å². The second-order valence-electron chi connectivity index (χ2n) is 6.61. The summed E-state index contributed by atoms with van der Waals surface area (Å²) in [6.45, 7) is 0. The Labute approximate surface area is 159 Å². The van der Waals surface area contributed by atoms with Gasteiger partial charge in [-0.05, 0) is 35.9 Å². The molecule has 5 heteroatoms. The van der Waals surface area contributed by atoms with Crippen molar-refractivity contribution in [3.8, 4) is 11.4 Å². The molecule has 2 heterocycles. The van der Waals surface area contributed by atoms with Crippen molar-refractivity contribution in [3.05, 3.63) is 99.1 Å². The lowest BCUT2D eigenvalue weighted by atomic mass is 10.0. The minimum absolute atomic E-state index is 0.136. The molecule has 0 amide bonds. The summed E-state index contributed by atoms with van der Waals surface area (Å²) in [5.41, 5.74) is 2.82. The second-order valence-corrected chi connectivity index (χ2v) is 6.61. The summed E-state index contributed by atoms with van der Waals surface area (Å²) in [7, 11) is 1.56. The molecule has 2 aromatic heterocycles. The van der Waals surface area contributed by atoms with Gasteiger partial charge in [0.2, 0.25) is 5.43 Å². The SMILES string of the molecule is COc1cccc2c(=O)c3c(=O)n(-c4ccccc4)c(C4=CC=C4)cc3[nH]c12. The van der Waals surface area contributed by atoms with Crippen LogP contribution in [0.1, 0.15) is 5.69 Å². The van der Waals surface area contributed by atoms with E-state index in [4.69, 9.17) is 4.74 Å². The summed E-state index contributed by atoms with van der Waals surface area (Å²) in [6.07, 6.45) is 5.81. The quantitative estimate of drug-likeness (QED) is 0.560. The monoisotopic (exact) mass is 368 g/mol. The van der Waals surface area contributed by atoms with Crippen molar-refractivity contribution in [1.29, 1.82) is 0 Å². The Morgan fingerprint density at radius 2 is 1.79 bits per heavy atom. The van der Waals surface area contributed by atoms with E-state index in [1.54, 1.807) is 29.9 Å². The number of pyridine rings is 2. The molecule has 2 aromatic carbocycles. The summed E-state index contributed by atoms with van der Waals surface area (Å²) in [4.78, 5) is 29.9. The van der Waals surface area contributed by atoms with E-state index in [1.807, 2.05) is 54.6 Å². The Morgan fingerprint density at radius 3 is 2.46 bits per heavy atom. The van der Waals surface area contributed by atoms with Gasteiger partial charge in [0.1, 0.15) is 11.1 Å². The first-order valence-corrected chi connectivity index (χ1v) is 8.92. The van der Waals surface area contributed by atoms with Gasteiger partial charge in [-0.25, -0.2) is 0 Å². The van der Waals surface area contributed by atoms with Crippen LogP contribution in [0.15, 0.2) is 82.4 Å². The fourth-order valence-electron chi connectivity index (χ4n) is 3.63. The molecule has 5 nitrogen and oxygen atoms in total. The van der Waals surface area contributed by atoms with E-state index < -0.39 is 0 Å². The first kappa shape index (κ1) is 16.3. The second kappa shape index (κ2) is 6.09. The number of nitrogens with one attached hydrogen (secondary N) is 1. The summed E-state index contributed by atoms with van der Waals surface area (Å²) in [6, 6.07) is 16.4. The minimum atomic E-state index is -0.342. The number of ether oxygens (including phenoxy) is 1. The molecule has 0 fully saturated rings. The molecule has 5 rings (SSSR count). The average molecular weight is 368 g/mol. The Bertz CT molecular complexity index is 1420. The summed E-state index contributed by atoms with van der Waals surface area (Å²) in [5.74, 6) is 0.563. The van der Waals surface area contributed by atoms with Gasteiger partial charge in [0, 0.05) is 5.69 Å². The highest BCUT2D eigenvalue weighted by Gasteiger charge is 2.19. The van der Waals surface area contributed by atoms with Crippen LogP contribution in [0.4, 0.5) is 0 Å². The maximum Gasteiger partial charge on any atom is 0.268 e. The molecule has 0 saturated carbocycles. The molecule has 0 atom stereocenters. The number of aromatic amines is 1. The lowest BCUT2D eigenvalue weighted by Crippen LogP contribution is -2.26. The number of rotatable bonds is 3. The zero-order valence-electron chi connectivity index (χ0n) is 15.1. The van der Waals surface area contributed by atoms with Crippen LogP contribution in [0, 0.1) is 0 Å². The Morgan fingerprint density at radius 1 is 1.00 bits per heavy atom. The summed E-state index contributed by atoms with van der Waals surface area (Å²) < 4.78 is 6.98. The summed E-state index contributed by atoms with van der Waals surface area (Å²) >= 11 is 0. The molecule has 0 aliphatic heterocycles. The summed E-state index contributed by atoms with van der Waals surface area (Å²) in [5, 5.41) is 0.566. The van der Waals surface area contributed by atoms with Crippen LogP contribution >= 0.6 is 0 Å². The van der Waals surface area contributed by atoms with Crippen molar-refractivity contribution in [3.63, 3.8) is 0 Å². The predicted octanol–water partition coefficient (Wildman–Crippen LogP) is 3.79. The standard InChI is InChI=1S/C23H16N2O3/c1-28-19-12-6-11-16-21(19)24-17-13-18(14-7-5-8-14)25(15-9-3-2-4-10-15)23(27)20(17)22(16)26/h2-13H,1H3,(H,24,26). The van der Waals surface area contributed by atoms with Crippen LogP contribution in [0.25, 0.3) is 33.1 Å². The Kier molecular flexibility index (Phi) is 3.55. The molecule has 28 heavy (non-hydrogen) atoms. The number of hydrogen-bond donors (Lipinski definition) is 1. The molecule has 0 unspecified atom stereocenters. The molecule has 0 saturated heterocycles. The maximum absolute atomic E-state index is 13.5. The number of benzene rings is 2. The number of nitrogens with zero attached hydrogens (tertiary/aromatic N) is 1. The lowest BCUT2D eigenvalue weighted by molar-refractivity contribution is 0.419. The lowest BCUT2D eigenvalue weighted by Gasteiger charge is -2.18. The van der Waals surface area contributed by atoms with Gasteiger partial charge < -0.3 is 9.72 Å². The van der Waals surface area contributed by atoms with Crippen molar-refractivity contribution in [1.82, 2.24) is 9.55 Å². The molecule has 0 radical (unpaired) electrons. The molecule has 136 valence electrons. The third kappa shape index (κ3) is 2.26. The molecular weight excluding hydrogens is 352 g/mol. The topological polar surface area (TPSA) is 64.1 Å². The van der Waals surface area contributed by atoms with Crippen LogP contribution in [0.2, 0.25) is 0 Å². The maximum atomic E-state index is 13.5. The number of hydrogen-bond acceptors (Lipinski definition) is 3.